The second kappa shape index (κ2) is 9.40. The zero-order chi connectivity index (χ0) is 18.2. The first kappa shape index (κ1) is 19.2. The maximum atomic E-state index is 12.3. The molecule has 0 fully saturated rings. The summed E-state index contributed by atoms with van der Waals surface area (Å²) < 4.78 is 22.0. The molecule has 0 saturated heterocycles. The Bertz CT molecular complexity index is 704. The molecule has 0 spiro atoms. The van der Waals surface area contributed by atoms with Gasteiger partial charge in [0.2, 0.25) is 0 Å². The first-order valence-corrected chi connectivity index (χ1v) is 8.87. The van der Waals surface area contributed by atoms with Gasteiger partial charge in [0.05, 0.1) is 28.3 Å². The minimum absolute atomic E-state index is 0.0513. The molecule has 134 valence electrons. The third-order valence-corrected chi connectivity index (χ3v) is 4.74. The number of aryl methyl sites for hydroxylation is 1. The van der Waals surface area contributed by atoms with Gasteiger partial charge in [0.25, 0.3) is 0 Å². The molecule has 0 bridgehead atoms. The maximum Gasteiger partial charge on any atom is 0.200 e. The number of ketones is 1. The van der Waals surface area contributed by atoms with Crippen molar-refractivity contribution in [3.63, 3.8) is 0 Å². The summed E-state index contributed by atoms with van der Waals surface area (Å²) >= 11 is 0. The molecule has 0 aliphatic rings. The van der Waals surface area contributed by atoms with E-state index in [1.165, 1.54) is 0 Å². The van der Waals surface area contributed by atoms with Crippen LogP contribution >= 0.6 is 8.81 Å². The van der Waals surface area contributed by atoms with Gasteiger partial charge in [0, 0.05) is 24.3 Å². The highest BCUT2D eigenvalue weighted by Gasteiger charge is 2.15. The molecule has 0 N–H and O–H groups in total. The molecule has 0 radical (unpaired) electrons. The second-order valence-corrected chi connectivity index (χ2v) is 6.26. The Labute approximate surface area is 150 Å². The maximum absolute atomic E-state index is 12.3. The molecule has 0 aliphatic heterocycles. The van der Waals surface area contributed by atoms with Gasteiger partial charge in [-0.05, 0) is 19.4 Å². The number of methoxy groups -OCH3 is 2. The van der Waals surface area contributed by atoms with Crippen molar-refractivity contribution in [1.29, 1.82) is 0 Å². The molecule has 0 heterocycles. The third-order valence-electron chi connectivity index (χ3n) is 3.61. The summed E-state index contributed by atoms with van der Waals surface area (Å²) in [4.78, 5) is 12.3. The van der Waals surface area contributed by atoms with Gasteiger partial charge < -0.3 is 18.7 Å². The Morgan fingerprint density at radius 2 is 1.72 bits per heavy atom. The van der Waals surface area contributed by atoms with Gasteiger partial charge >= 0.3 is 0 Å². The highest BCUT2D eigenvalue weighted by molar-refractivity contribution is 7.42. The summed E-state index contributed by atoms with van der Waals surface area (Å²) in [6, 6.07) is 10.9. The van der Waals surface area contributed by atoms with E-state index in [2.05, 4.69) is 0 Å². The summed E-state index contributed by atoms with van der Waals surface area (Å²) in [5.74, 6) is 1.67. The predicted octanol–water partition coefficient (Wildman–Crippen LogP) is 3.53. The molecule has 2 aromatic carbocycles. The predicted molar refractivity (Wildman–Crippen MR) is 100 cm³/mol. The van der Waals surface area contributed by atoms with E-state index in [-0.39, 0.29) is 21.2 Å². The average Bonchev–Trinajstić information content (AvgIpc) is 2.64. The Balaban J connectivity index is 2.17. The lowest BCUT2D eigenvalue weighted by Gasteiger charge is -2.15. The lowest BCUT2D eigenvalue weighted by atomic mass is 10.1. The van der Waals surface area contributed by atoms with Crippen LogP contribution in [0.5, 0.6) is 17.2 Å². The van der Waals surface area contributed by atoms with Crippen molar-refractivity contribution in [3.05, 3.63) is 47.5 Å². The van der Waals surface area contributed by atoms with E-state index < -0.39 is 0 Å². The standard InChI is InChI=1S/C19H23O5P/c1-5-24-25-19-17(21-3)10-14(11-18(19)22-4)23-12-16(20)15-9-7-6-8-13(15)2/h6-11,25H,5,12H2,1-4H3. The monoisotopic (exact) mass is 362 g/mol. The van der Waals surface area contributed by atoms with Crippen LogP contribution in [0.25, 0.3) is 0 Å². The molecule has 6 heteroatoms. The van der Waals surface area contributed by atoms with Crippen molar-refractivity contribution < 1.29 is 23.5 Å². The number of ether oxygens (including phenoxy) is 3. The number of carbonyl (C=O) groups is 1. The third kappa shape index (κ3) is 4.94. The molecular formula is C19H23O5P. The summed E-state index contributed by atoms with van der Waals surface area (Å²) in [5, 5.41) is 0.837. The number of Topliss-reactive ketones (excluding diaryl/α,β-unsaturated/α-hetero) is 1. The molecule has 0 amide bonds. The number of rotatable bonds is 9. The highest BCUT2D eigenvalue weighted by atomic mass is 31.1. The van der Waals surface area contributed by atoms with Crippen LogP contribution in [0.4, 0.5) is 0 Å². The van der Waals surface area contributed by atoms with Gasteiger partial charge in [-0.25, -0.2) is 0 Å². The summed E-state index contributed by atoms with van der Waals surface area (Å²) in [5.41, 5.74) is 1.59. The van der Waals surface area contributed by atoms with Crippen LogP contribution < -0.4 is 19.5 Å². The van der Waals surface area contributed by atoms with E-state index in [4.69, 9.17) is 18.7 Å². The van der Waals surface area contributed by atoms with Crippen LogP contribution in [0, 0.1) is 6.92 Å². The normalized spacial score (nSPS) is 10.9. The molecule has 5 nitrogen and oxygen atoms in total. The van der Waals surface area contributed by atoms with E-state index in [1.807, 2.05) is 32.0 Å². The zero-order valence-electron chi connectivity index (χ0n) is 14.9. The van der Waals surface area contributed by atoms with Crippen LogP contribution in [0.3, 0.4) is 0 Å². The molecule has 2 rings (SSSR count). The van der Waals surface area contributed by atoms with Crippen LogP contribution in [0.2, 0.25) is 0 Å². The van der Waals surface area contributed by atoms with Gasteiger partial charge in [-0.1, -0.05) is 24.3 Å². The van der Waals surface area contributed by atoms with Crippen LogP contribution in [0.15, 0.2) is 36.4 Å². The van der Waals surface area contributed by atoms with Crippen molar-refractivity contribution in [1.82, 2.24) is 0 Å². The molecule has 1 atom stereocenters. The molecule has 0 aliphatic carbocycles. The van der Waals surface area contributed by atoms with E-state index in [1.54, 1.807) is 32.4 Å². The lowest BCUT2D eigenvalue weighted by molar-refractivity contribution is 0.0920. The van der Waals surface area contributed by atoms with E-state index in [9.17, 15) is 4.79 Å². The quantitative estimate of drug-likeness (QED) is 0.505. The molecular weight excluding hydrogens is 339 g/mol. The Morgan fingerprint density at radius 3 is 2.28 bits per heavy atom. The van der Waals surface area contributed by atoms with Crippen LogP contribution in [-0.2, 0) is 4.52 Å². The largest absolute Gasteiger partial charge is 0.496 e. The van der Waals surface area contributed by atoms with Crippen molar-refractivity contribution >= 4 is 19.9 Å². The van der Waals surface area contributed by atoms with E-state index >= 15 is 0 Å². The minimum Gasteiger partial charge on any atom is -0.496 e. The average molecular weight is 362 g/mol. The van der Waals surface area contributed by atoms with E-state index in [0.29, 0.717) is 29.4 Å². The summed E-state index contributed by atoms with van der Waals surface area (Å²) in [6.45, 7) is 4.39. The Morgan fingerprint density at radius 1 is 1.08 bits per heavy atom. The Kier molecular flexibility index (Phi) is 7.23. The Hall–Kier alpha value is -2.10. The van der Waals surface area contributed by atoms with Gasteiger partial charge in [-0.3, -0.25) is 4.79 Å². The van der Waals surface area contributed by atoms with Crippen molar-refractivity contribution in [2.24, 2.45) is 0 Å². The fraction of sp³-hybridized carbons (Fsp3) is 0.316. The molecule has 0 aromatic heterocycles. The number of carbonyl (C=O) groups excluding carboxylic acids is 1. The van der Waals surface area contributed by atoms with Crippen molar-refractivity contribution in [2.75, 3.05) is 27.4 Å². The molecule has 1 unspecified atom stereocenters. The molecule has 2 aromatic rings. The summed E-state index contributed by atoms with van der Waals surface area (Å²) in [7, 11) is 3.27. The van der Waals surface area contributed by atoms with Gasteiger partial charge in [0.1, 0.15) is 17.2 Å². The highest BCUT2D eigenvalue weighted by Crippen LogP contribution is 2.32. The van der Waals surface area contributed by atoms with Gasteiger partial charge in [-0.2, -0.15) is 0 Å². The summed E-state index contributed by atoms with van der Waals surface area (Å²) in [6.07, 6.45) is 0. The smallest absolute Gasteiger partial charge is 0.200 e. The van der Waals surface area contributed by atoms with E-state index in [0.717, 1.165) is 10.9 Å². The zero-order valence-corrected chi connectivity index (χ0v) is 15.9. The number of benzene rings is 2. The first-order chi connectivity index (χ1) is 12.1. The fourth-order valence-electron chi connectivity index (χ4n) is 2.33. The van der Waals surface area contributed by atoms with Crippen molar-refractivity contribution in [2.45, 2.75) is 13.8 Å². The molecule has 25 heavy (non-hydrogen) atoms. The molecule has 0 saturated carbocycles. The lowest BCUT2D eigenvalue weighted by Crippen LogP contribution is -2.14. The minimum atomic E-state index is -0.0729. The van der Waals surface area contributed by atoms with Gasteiger partial charge in [0.15, 0.2) is 12.4 Å². The number of hydrogen-bond donors (Lipinski definition) is 0. The fourth-order valence-corrected chi connectivity index (χ4v) is 3.17. The van der Waals surface area contributed by atoms with Crippen LogP contribution in [-0.4, -0.2) is 33.2 Å². The van der Waals surface area contributed by atoms with Gasteiger partial charge in [-0.15, -0.1) is 0 Å². The second-order valence-electron chi connectivity index (χ2n) is 5.26. The first-order valence-electron chi connectivity index (χ1n) is 7.96. The van der Waals surface area contributed by atoms with Crippen molar-refractivity contribution in [3.8, 4) is 17.2 Å². The SMILES string of the molecule is CCOPc1c(OC)cc(OCC(=O)c2ccccc2C)cc1OC. The number of hydrogen-bond acceptors (Lipinski definition) is 5. The topological polar surface area (TPSA) is 54.0 Å². The van der Waals surface area contributed by atoms with Crippen LogP contribution in [0.1, 0.15) is 22.8 Å².